The van der Waals surface area contributed by atoms with Crippen molar-refractivity contribution in [2.75, 3.05) is 18.0 Å². The molecule has 10 nitrogen and oxygen atoms in total. The van der Waals surface area contributed by atoms with Crippen molar-refractivity contribution in [3.05, 3.63) is 125 Å². The number of benzene rings is 1. The first kappa shape index (κ1) is 26.6. The van der Waals surface area contributed by atoms with Crippen molar-refractivity contribution in [3.63, 3.8) is 0 Å². The van der Waals surface area contributed by atoms with Crippen LogP contribution >= 0.6 is 0 Å². The van der Waals surface area contributed by atoms with E-state index in [1.807, 2.05) is 13.0 Å². The number of aliphatic hydroxyl groups is 2. The normalized spacial score (nSPS) is 19.7. The van der Waals surface area contributed by atoms with Crippen molar-refractivity contribution in [1.82, 2.24) is 4.98 Å². The summed E-state index contributed by atoms with van der Waals surface area (Å²) in [6.07, 6.45) is 8.85. The molecule has 0 radical (unpaired) electrons. The summed E-state index contributed by atoms with van der Waals surface area (Å²) in [5.74, 6) is -1.90. The summed E-state index contributed by atoms with van der Waals surface area (Å²) in [5.41, 5.74) is -5.17. The highest BCUT2D eigenvalue weighted by Crippen LogP contribution is 2.54. The third-order valence-electron chi connectivity index (χ3n) is 9.10. The van der Waals surface area contributed by atoms with E-state index < -0.39 is 70.8 Å². The van der Waals surface area contributed by atoms with Crippen molar-refractivity contribution in [2.24, 2.45) is 0 Å². The highest BCUT2D eigenvalue weighted by molar-refractivity contribution is 5.94. The molecule has 4 N–H and O–H groups in total. The Balaban J connectivity index is 1.56. The number of nitrogens with zero attached hydrogens (tertiary/aromatic N) is 1. The van der Waals surface area contributed by atoms with E-state index in [-0.39, 0.29) is 29.5 Å². The summed E-state index contributed by atoms with van der Waals surface area (Å²) in [6.45, 7) is 2.90. The zero-order valence-corrected chi connectivity index (χ0v) is 23.1. The number of aliphatic hydroxyl groups excluding tert-OH is 2. The smallest absolute Gasteiger partial charge is 0.260 e. The second-order valence-corrected chi connectivity index (χ2v) is 11.3. The van der Waals surface area contributed by atoms with Crippen molar-refractivity contribution in [2.45, 2.75) is 38.0 Å². The predicted molar refractivity (Wildman–Crippen MR) is 162 cm³/mol. The number of phenols is 1. The number of allylic oxidation sites excluding steroid dienone is 3. The molecule has 10 heteroatoms. The van der Waals surface area contributed by atoms with Gasteiger partial charge >= 0.3 is 0 Å². The van der Waals surface area contributed by atoms with Crippen LogP contribution in [0.4, 0.5) is 5.69 Å². The number of pyridine rings is 1. The Morgan fingerprint density at radius 2 is 1.51 bits per heavy atom. The molecule has 0 unspecified atom stereocenters. The number of H-pyrrole nitrogens is 1. The molecule has 1 spiro atoms. The molecule has 7 rings (SSSR count). The van der Waals surface area contributed by atoms with Gasteiger partial charge in [-0.1, -0.05) is 24.3 Å². The van der Waals surface area contributed by atoms with Crippen molar-refractivity contribution < 1.29 is 15.3 Å². The van der Waals surface area contributed by atoms with Crippen LogP contribution in [-0.4, -0.2) is 33.4 Å². The minimum absolute atomic E-state index is 0.000728. The number of hydrogen-bond donors (Lipinski definition) is 4. The van der Waals surface area contributed by atoms with Crippen LogP contribution in [0.15, 0.2) is 60.4 Å². The van der Waals surface area contributed by atoms with Crippen molar-refractivity contribution in [3.8, 4) is 5.75 Å². The molecule has 43 heavy (non-hydrogen) atoms. The van der Waals surface area contributed by atoms with Crippen LogP contribution in [0, 0.1) is 10.4 Å². The maximum atomic E-state index is 13.9. The number of aromatic hydroxyl groups is 1. The minimum atomic E-state index is -1.91. The molecule has 1 saturated heterocycles. The Labute approximate surface area is 241 Å². The number of aryl methyl sites for hydroxylation is 1. The summed E-state index contributed by atoms with van der Waals surface area (Å²) in [5, 5.41) is 32.8. The summed E-state index contributed by atoms with van der Waals surface area (Å²) in [6, 6.07) is 4.41. The Bertz CT molecular complexity index is 2460. The lowest BCUT2D eigenvalue weighted by Crippen LogP contribution is -2.52. The maximum absolute atomic E-state index is 13.9. The van der Waals surface area contributed by atoms with Gasteiger partial charge in [-0.2, -0.15) is 0 Å². The molecule has 1 fully saturated rings. The van der Waals surface area contributed by atoms with Crippen LogP contribution in [0.25, 0.3) is 28.4 Å². The molecule has 2 heterocycles. The average Bonchev–Trinajstić information content (AvgIpc) is 3.68. The topological polar surface area (TPSA) is 165 Å². The van der Waals surface area contributed by atoms with Gasteiger partial charge < -0.3 is 25.2 Å². The van der Waals surface area contributed by atoms with Gasteiger partial charge in [-0.15, -0.1) is 0 Å². The molecule has 1 aliphatic heterocycles. The van der Waals surface area contributed by atoms with Gasteiger partial charge in [0.05, 0.1) is 31.9 Å². The fourth-order valence-corrected chi connectivity index (χ4v) is 7.18. The number of fused-ring (bicyclic) bond motifs is 4. The lowest BCUT2D eigenvalue weighted by atomic mass is 9.78. The third-order valence-corrected chi connectivity index (χ3v) is 9.10. The number of aromatic nitrogens is 1. The molecule has 4 aliphatic carbocycles. The summed E-state index contributed by atoms with van der Waals surface area (Å²) >= 11 is 0. The predicted octanol–water partition coefficient (Wildman–Crippen LogP) is 0.695. The second kappa shape index (κ2) is 9.12. The molecule has 5 aliphatic rings. The van der Waals surface area contributed by atoms with Gasteiger partial charge in [0.1, 0.15) is 22.7 Å². The fraction of sp³-hybridized carbons (Fsp3) is 0.242. The van der Waals surface area contributed by atoms with E-state index in [0.717, 1.165) is 18.9 Å². The fourth-order valence-electron chi connectivity index (χ4n) is 7.18. The molecule has 1 atom stereocenters. The monoisotopic (exact) mass is 578 g/mol. The molecule has 0 amide bonds. The van der Waals surface area contributed by atoms with E-state index in [2.05, 4.69) is 4.98 Å². The number of anilines is 1. The summed E-state index contributed by atoms with van der Waals surface area (Å²) < 4.78 is 0. The minimum Gasteiger partial charge on any atom is -0.510 e. The molecule has 216 valence electrons. The van der Waals surface area contributed by atoms with Gasteiger partial charge in [0.15, 0.2) is 5.43 Å². The van der Waals surface area contributed by atoms with Gasteiger partial charge in [0.2, 0.25) is 16.3 Å². The van der Waals surface area contributed by atoms with E-state index in [1.165, 1.54) is 0 Å². The average molecular weight is 579 g/mol. The Kier molecular flexibility index (Phi) is 5.65. The van der Waals surface area contributed by atoms with E-state index in [1.54, 1.807) is 35.3 Å². The van der Waals surface area contributed by atoms with Gasteiger partial charge in [-0.25, -0.2) is 0 Å². The van der Waals surface area contributed by atoms with Crippen molar-refractivity contribution >= 4 is 34.1 Å². The van der Waals surface area contributed by atoms with E-state index >= 15 is 0 Å². The van der Waals surface area contributed by atoms with E-state index in [4.69, 9.17) is 0 Å². The van der Waals surface area contributed by atoms with Crippen LogP contribution in [0.5, 0.6) is 5.75 Å². The Morgan fingerprint density at radius 3 is 2.19 bits per heavy atom. The summed E-state index contributed by atoms with van der Waals surface area (Å²) in [7, 11) is 0. The molecule has 2 aromatic rings. The SMILES string of the molecule is CC=CC=Cc1cc2cc3c(c(O)c2c(=O)[nH]1)[C@@]1(CC3)C(O)=c2c(=O)c3c(=O)cc(N4CCCC4)c(=O)c=3c(=O)c2=C1O. The van der Waals surface area contributed by atoms with Crippen LogP contribution < -0.4 is 42.6 Å². The number of hydrogen-bond acceptors (Lipinski definition) is 9. The quantitative estimate of drug-likeness (QED) is 0.256. The van der Waals surface area contributed by atoms with Crippen LogP contribution in [0.2, 0.25) is 0 Å². The van der Waals surface area contributed by atoms with E-state index in [0.29, 0.717) is 29.7 Å². The Morgan fingerprint density at radius 1 is 0.837 bits per heavy atom. The van der Waals surface area contributed by atoms with Crippen LogP contribution in [0.3, 0.4) is 0 Å². The first-order valence-corrected chi connectivity index (χ1v) is 14.1. The van der Waals surface area contributed by atoms with Gasteiger partial charge in [0.25, 0.3) is 5.56 Å². The van der Waals surface area contributed by atoms with E-state index in [9.17, 15) is 39.3 Å². The molecular weight excluding hydrogens is 552 g/mol. The summed E-state index contributed by atoms with van der Waals surface area (Å²) in [4.78, 5) is 71.9. The van der Waals surface area contributed by atoms with Crippen molar-refractivity contribution in [1.29, 1.82) is 0 Å². The zero-order chi connectivity index (χ0) is 30.4. The van der Waals surface area contributed by atoms with Gasteiger partial charge in [-0.3, -0.25) is 24.0 Å². The molecule has 0 bridgehead atoms. The standard InChI is InChI=1S/C33H26N2O8/c1-2-3-4-7-17-13-16-12-15-8-9-33(25(15)29(40)20(16)32(43)34-17)30(41)23-24(31(33)42)28(39)22-21(27(23)38)19(36)14-18(26(22)37)35-10-5-6-11-35/h2-4,7,12-14,40-42H,5-6,8-11H2,1H3,(H,34,43)/t33-/m0/s1. The largest absolute Gasteiger partial charge is 0.510 e. The second-order valence-electron chi connectivity index (χ2n) is 11.3. The third kappa shape index (κ3) is 3.37. The van der Waals surface area contributed by atoms with Gasteiger partial charge in [-0.05, 0) is 55.7 Å². The Hall–Kier alpha value is -5.25. The highest BCUT2D eigenvalue weighted by Gasteiger charge is 2.53. The molecule has 1 aromatic carbocycles. The first-order valence-electron chi connectivity index (χ1n) is 14.1. The number of aromatic amines is 1. The molecule has 0 saturated carbocycles. The molecular formula is C33H26N2O8. The zero-order valence-electron chi connectivity index (χ0n) is 23.1. The number of rotatable bonds is 3. The van der Waals surface area contributed by atoms with Gasteiger partial charge in [0, 0.05) is 30.4 Å². The number of nitrogens with one attached hydrogen (secondary N) is 1. The molecule has 1 aromatic heterocycles. The lowest BCUT2D eigenvalue weighted by molar-refractivity contribution is 0.362. The number of phenolic OH excluding ortho intramolecular Hbond substituents is 1. The lowest BCUT2D eigenvalue weighted by Gasteiger charge is -2.27. The highest BCUT2D eigenvalue weighted by atomic mass is 16.3. The maximum Gasteiger partial charge on any atom is 0.260 e. The van der Waals surface area contributed by atoms with Crippen LogP contribution in [-0.2, 0) is 11.8 Å². The first-order chi connectivity index (χ1) is 20.6. The van der Waals surface area contributed by atoms with Crippen LogP contribution in [0.1, 0.15) is 43.0 Å².